The summed E-state index contributed by atoms with van der Waals surface area (Å²) in [6.07, 6.45) is 0.600. The monoisotopic (exact) mass is 344 g/mol. The zero-order chi connectivity index (χ0) is 17.1. The number of primary amides is 1. The summed E-state index contributed by atoms with van der Waals surface area (Å²) in [4.78, 5) is 23.4. The third kappa shape index (κ3) is 3.68. The molecule has 0 saturated carbocycles. The van der Waals surface area contributed by atoms with Crippen LogP contribution >= 0.6 is 11.6 Å². The summed E-state index contributed by atoms with van der Waals surface area (Å²) in [5.74, 6) is -0.00628. The molecule has 1 heterocycles. The predicted molar refractivity (Wildman–Crippen MR) is 90.9 cm³/mol. The molecule has 0 aliphatic carbocycles. The van der Waals surface area contributed by atoms with Crippen molar-refractivity contribution in [3.63, 3.8) is 0 Å². The lowest BCUT2D eigenvalue weighted by atomic mass is 9.96. The molecule has 24 heavy (non-hydrogen) atoms. The Morgan fingerprint density at radius 2 is 1.96 bits per heavy atom. The third-order valence-electron chi connectivity index (χ3n) is 4.00. The second kappa shape index (κ2) is 6.93. The van der Waals surface area contributed by atoms with Crippen LogP contribution in [0.2, 0.25) is 5.02 Å². The summed E-state index contributed by atoms with van der Waals surface area (Å²) < 4.78 is 5.64. The zero-order valence-electron chi connectivity index (χ0n) is 12.9. The number of hydrogen-bond donors (Lipinski definition) is 2. The average Bonchev–Trinajstić information content (AvgIpc) is 2.59. The lowest BCUT2D eigenvalue weighted by Gasteiger charge is -2.24. The first-order chi connectivity index (χ1) is 11.5. The van der Waals surface area contributed by atoms with E-state index in [2.05, 4.69) is 5.32 Å². The van der Waals surface area contributed by atoms with E-state index in [4.69, 9.17) is 22.1 Å². The van der Waals surface area contributed by atoms with Crippen LogP contribution < -0.4 is 15.8 Å². The Labute approximate surface area is 144 Å². The number of nitrogens with one attached hydrogen (secondary N) is 1. The van der Waals surface area contributed by atoms with Crippen molar-refractivity contribution in [2.24, 2.45) is 11.7 Å². The van der Waals surface area contributed by atoms with Crippen LogP contribution in [0.15, 0.2) is 42.5 Å². The molecule has 124 valence electrons. The lowest BCUT2D eigenvalue weighted by Crippen LogP contribution is -2.37. The van der Waals surface area contributed by atoms with E-state index in [1.807, 2.05) is 12.1 Å². The van der Waals surface area contributed by atoms with Gasteiger partial charge in [0.15, 0.2) is 0 Å². The van der Waals surface area contributed by atoms with Crippen molar-refractivity contribution in [3.05, 3.63) is 64.2 Å². The summed E-state index contributed by atoms with van der Waals surface area (Å²) in [5.41, 5.74) is 7.49. The molecule has 6 heteroatoms. The molecule has 0 fully saturated rings. The number of nitrogens with two attached hydrogens (primary N) is 1. The first kappa shape index (κ1) is 16.3. The van der Waals surface area contributed by atoms with E-state index in [0.29, 0.717) is 30.2 Å². The third-order valence-corrected chi connectivity index (χ3v) is 4.24. The van der Waals surface area contributed by atoms with E-state index < -0.39 is 5.91 Å². The van der Waals surface area contributed by atoms with Gasteiger partial charge in [-0.25, -0.2) is 0 Å². The Morgan fingerprint density at radius 3 is 2.67 bits per heavy atom. The molecule has 0 spiro atoms. The van der Waals surface area contributed by atoms with Crippen LogP contribution in [0.25, 0.3) is 0 Å². The molecule has 1 aliphatic rings. The minimum atomic E-state index is -0.470. The SMILES string of the molecule is NC(=O)c1ccc(CNC(=O)C2COc3ccc(Cl)cc3C2)cc1. The van der Waals surface area contributed by atoms with Gasteiger partial charge in [0.05, 0.1) is 5.92 Å². The van der Waals surface area contributed by atoms with Gasteiger partial charge >= 0.3 is 0 Å². The first-order valence-electron chi connectivity index (χ1n) is 7.60. The summed E-state index contributed by atoms with van der Waals surface area (Å²) in [6.45, 7) is 0.734. The molecule has 0 aromatic heterocycles. The Balaban J connectivity index is 1.58. The van der Waals surface area contributed by atoms with E-state index in [1.54, 1.807) is 30.3 Å². The van der Waals surface area contributed by atoms with Gasteiger partial charge in [0.1, 0.15) is 12.4 Å². The van der Waals surface area contributed by atoms with Gasteiger partial charge in [0, 0.05) is 17.1 Å². The maximum Gasteiger partial charge on any atom is 0.248 e. The number of ether oxygens (including phenoxy) is 1. The lowest BCUT2D eigenvalue weighted by molar-refractivity contribution is -0.126. The van der Waals surface area contributed by atoms with Crippen LogP contribution in [0.4, 0.5) is 0 Å². The zero-order valence-corrected chi connectivity index (χ0v) is 13.7. The largest absolute Gasteiger partial charge is 0.492 e. The van der Waals surface area contributed by atoms with Crippen molar-refractivity contribution >= 4 is 23.4 Å². The van der Waals surface area contributed by atoms with Gasteiger partial charge in [0.25, 0.3) is 0 Å². The van der Waals surface area contributed by atoms with Gasteiger partial charge in [-0.1, -0.05) is 23.7 Å². The highest BCUT2D eigenvalue weighted by Crippen LogP contribution is 2.29. The molecule has 0 saturated heterocycles. The van der Waals surface area contributed by atoms with E-state index in [1.165, 1.54) is 0 Å². The van der Waals surface area contributed by atoms with Gasteiger partial charge < -0.3 is 15.8 Å². The molecule has 3 N–H and O–H groups in total. The molecule has 0 bridgehead atoms. The van der Waals surface area contributed by atoms with E-state index >= 15 is 0 Å². The molecule has 1 aliphatic heterocycles. The molecule has 2 aromatic carbocycles. The minimum absolute atomic E-state index is 0.0698. The maximum atomic E-state index is 12.3. The number of fused-ring (bicyclic) bond motifs is 1. The topological polar surface area (TPSA) is 81.4 Å². The molecular formula is C18H17ClN2O3. The van der Waals surface area contributed by atoms with Gasteiger partial charge in [0.2, 0.25) is 11.8 Å². The van der Waals surface area contributed by atoms with Crippen molar-refractivity contribution in [2.75, 3.05) is 6.61 Å². The highest BCUT2D eigenvalue weighted by atomic mass is 35.5. The van der Waals surface area contributed by atoms with Crippen LogP contribution in [0.1, 0.15) is 21.5 Å². The molecule has 1 atom stereocenters. The summed E-state index contributed by atoms with van der Waals surface area (Å²) in [6, 6.07) is 12.3. The van der Waals surface area contributed by atoms with Crippen molar-refractivity contribution in [3.8, 4) is 5.75 Å². The van der Waals surface area contributed by atoms with Gasteiger partial charge in [-0.2, -0.15) is 0 Å². The summed E-state index contributed by atoms with van der Waals surface area (Å²) in [5, 5.41) is 3.53. The number of halogens is 1. The number of hydrogen-bond acceptors (Lipinski definition) is 3. The van der Waals surface area contributed by atoms with Crippen molar-refractivity contribution in [2.45, 2.75) is 13.0 Å². The Bertz CT molecular complexity index is 774. The van der Waals surface area contributed by atoms with Crippen LogP contribution in [0.3, 0.4) is 0 Å². The highest BCUT2D eigenvalue weighted by molar-refractivity contribution is 6.30. The van der Waals surface area contributed by atoms with Crippen molar-refractivity contribution in [1.82, 2.24) is 5.32 Å². The molecule has 3 rings (SSSR count). The first-order valence-corrected chi connectivity index (χ1v) is 7.98. The van der Waals surface area contributed by atoms with E-state index in [0.717, 1.165) is 16.9 Å². The normalized spacial score (nSPS) is 16.0. The van der Waals surface area contributed by atoms with Gasteiger partial charge in [-0.3, -0.25) is 9.59 Å². The smallest absolute Gasteiger partial charge is 0.248 e. The van der Waals surface area contributed by atoms with E-state index in [9.17, 15) is 9.59 Å². The molecule has 2 aromatic rings. The van der Waals surface area contributed by atoms with Crippen LogP contribution in [-0.2, 0) is 17.8 Å². The number of amides is 2. The van der Waals surface area contributed by atoms with Gasteiger partial charge in [-0.15, -0.1) is 0 Å². The Hall–Kier alpha value is -2.53. The van der Waals surface area contributed by atoms with Gasteiger partial charge in [-0.05, 0) is 47.9 Å². The molecular weight excluding hydrogens is 328 g/mol. The minimum Gasteiger partial charge on any atom is -0.492 e. The van der Waals surface area contributed by atoms with Crippen LogP contribution in [-0.4, -0.2) is 18.4 Å². The second-order valence-electron chi connectivity index (χ2n) is 5.74. The summed E-state index contributed by atoms with van der Waals surface area (Å²) in [7, 11) is 0. The van der Waals surface area contributed by atoms with Crippen molar-refractivity contribution in [1.29, 1.82) is 0 Å². The number of carbonyl (C=O) groups is 2. The number of rotatable bonds is 4. The van der Waals surface area contributed by atoms with E-state index in [-0.39, 0.29) is 11.8 Å². The fourth-order valence-corrected chi connectivity index (χ4v) is 2.85. The van der Waals surface area contributed by atoms with Crippen LogP contribution in [0, 0.1) is 5.92 Å². The fraction of sp³-hybridized carbons (Fsp3) is 0.222. The second-order valence-corrected chi connectivity index (χ2v) is 6.18. The maximum absolute atomic E-state index is 12.3. The Morgan fingerprint density at radius 1 is 1.21 bits per heavy atom. The number of carbonyl (C=O) groups excluding carboxylic acids is 2. The Kier molecular flexibility index (Phi) is 4.71. The number of benzene rings is 2. The molecule has 2 amide bonds. The average molecular weight is 345 g/mol. The molecule has 5 nitrogen and oxygen atoms in total. The van der Waals surface area contributed by atoms with Crippen LogP contribution in [0.5, 0.6) is 5.75 Å². The predicted octanol–water partition coefficient (Wildman–Crippen LogP) is 2.31. The van der Waals surface area contributed by atoms with Crippen molar-refractivity contribution < 1.29 is 14.3 Å². The molecule has 0 radical (unpaired) electrons. The highest BCUT2D eigenvalue weighted by Gasteiger charge is 2.25. The fourth-order valence-electron chi connectivity index (χ4n) is 2.65. The standard InChI is InChI=1S/C18H17ClN2O3/c19-15-5-6-16-13(8-15)7-14(10-24-16)18(23)21-9-11-1-3-12(4-2-11)17(20)22/h1-6,8,14H,7,9-10H2,(H2,20,22)(H,21,23). The molecule has 1 unspecified atom stereocenters. The summed E-state index contributed by atoms with van der Waals surface area (Å²) >= 11 is 5.99. The quantitative estimate of drug-likeness (QED) is 0.893.